The third kappa shape index (κ3) is 7.52. The predicted molar refractivity (Wildman–Crippen MR) is 87.3 cm³/mol. The lowest BCUT2D eigenvalue weighted by atomic mass is 10.1. The van der Waals surface area contributed by atoms with E-state index in [-0.39, 0.29) is 5.56 Å². The smallest absolute Gasteiger partial charge is 0.250 e. The Kier molecular flexibility index (Phi) is 9.10. The van der Waals surface area contributed by atoms with E-state index in [1.807, 2.05) is 23.8 Å². The lowest BCUT2D eigenvalue weighted by molar-refractivity contribution is 0.530. The van der Waals surface area contributed by atoms with Crippen molar-refractivity contribution in [1.29, 1.82) is 0 Å². The van der Waals surface area contributed by atoms with Crippen LogP contribution in [0.15, 0.2) is 23.1 Å². The SMILES string of the molecule is CCCCCCCCCCCCn1ccc(C)cc1=O. The Morgan fingerprint density at radius 2 is 1.45 bits per heavy atom. The van der Waals surface area contributed by atoms with Crippen molar-refractivity contribution >= 4 is 0 Å². The first-order chi connectivity index (χ1) is 9.74. The number of aromatic nitrogens is 1. The highest BCUT2D eigenvalue weighted by atomic mass is 16.1. The van der Waals surface area contributed by atoms with Gasteiger partial charge in [0.15, 0.2) is 0 Å². The molecule has 0 fully saturated rings. The average molecular weight is 277 g/mol. The zero-order chi connectivity index (χ0) is 14.6. The van der Waals surface area contributed by atoms with Crippen molar-refractivity contribution in [1.82, 2.24) is 4.57 Å². The first-order valence-electron chi connectivity index (χ1n) is 8.41. The van der Waals surface area contributed by atoms with Crippen LogP contribution in [-0.4, -0.2) is 4.57 Å². The van der Waals surface area contributed by atoms with E-state index < -0.39 is 0 Å². The molecule has 0 unspecified atom stereocenters. The van der Waals surface area contributed by atoms with Gasteiger partial charge in [-0.25, -0.2) is 0 Å². The Bertz CT molecular complexity index is 408. The fourth-order valence-electron chi connectivity index (χ4n) is 2.56. The van der Waals surface area contributed by atoms with Crippen molar-refractivity contribution in [3.8, 4) is 0 Å². The summed E-state index contributed by atoms with van der Waals surface area (Å²) in [5.41, 5.74) is 1.19. The molecule has 0 amide bonds. The monoisotopic (exact) mass is 277 g/mol. The van der Waals surface area contributed by atoms with E-state index in [1.165, 1.54) is 57.8 Å². The second-order valence-corrected chi connectivity index (χ2v) is 5.92. The lowest BCUT2D eigenvalue weighted by Crippen LogP contribution is -2.18. The Balaban J connectivity index is 1.98. The summed E-state index contributed by atoms with van der Waals surface area (Å²) in [6.45, 7) is 5.10. The van der Waals surface area contributed by atoms with E-state index in [2.05, 4.69) is 6.92 Å². The molecule has 0 aliphatic rings. The third-order valence-electron chi connectivity index (χ3n) is 3.90. The van der Waals surface area contributed by atoms with Crippen LogP contribution in [0.4, 0.5) is 0 Å². The van der Waals surface area contributed by atoms with E-state index in [0.717, 1.165) is 18.5 Å². The van der Waals surface area contributed by atoms with Crippen LogP contribution in [0.3, 0.4) is 0 Å². The molecule has 1 aromatic rings. The standard InChI is InChI=1S/C18H31NO/c1-3-4-5-6-7-8-9-10-11-12-14-19-15-13-17(2)16-18(19)20/h13,15-16H,3-12,14H2,1-2H3. The van der Waals surface area contributed by atoms with Crippen molar-refractivity contribution in [3.05, 3.63) is 34.2 Å². The molecule has 0 spiro atoms. The minimum absolute atomic E-state index is 0.140. The van der Waals surface area contributed by atoms with Crippen molar-refractivity contribution in [2.75, 3.05) is 0 Å². The van der Waals surface area contributed by atoms with E-state index in [1.54, 1.807) is 6.07 Å². The van der Waals surface area contributed by atoms with Gasteiger partial charge in [-0.2, -0.15) is 0 Å². The first-order valence-corrected chi connectivity index (χ1v) is 8.41. The van der Waals surface area contributed by atoms with Gasteiger partial charge in [-0.1, -0.05) is 64.7 Å². The first kappa shape index (κ1) is 17.0. The van der Waals surface area contributed by atoms with Crippen molar-refractivity contribution in [2.24, 2.45) is 0 Å². The molecular formula is C18H31NO. The summed E-state index contributed by atoms with van der Waals surface area (Å²) in [6.07, 6.45) is 15.3. The molecule has 1 rings (SSSR count). The predicted octanol–water partition coefficient (Wildman–Crippen LogP) is 5.08. The molecule has 0 radical (unpaired) electrons. The second-order valence-electron chi connectivity index (χ2n) is 5.92. The molecule has 0 aromatic carbocycles. The van der Waals surface area contributed by atoms with E-state index >= 15 is 0 Å². The van der Waals surface area contributed by atoms with Crippen LogP contribution in [0.5, 0.6) is 0 Å². The minimum Gasteiger partial charge on any atom is -0.316 e. The topological polar surface area (TPSA) is 22.0 Å². The number of pyridine rings is 1. The molecule has 20 heavy (non-hydrogen) atoms. The summed E-state index contributed by atoms with van der Waals surface area (Å²) in [4.78, 5) is 11.7. The summed E-state index contributed by atoms with van der Waals surface area (Å²) in [5.74, 6) is 0. The van der Waals surface area contributed by atoms with Gasteiger partial charge in [-0.05, 0) is 25.0 Å². The molecule has 1 heterocycles. The number of rotatable bonds is 11. The van der Waals surface area contributed by atoms with Crippen LogP contribution in [0.2, 0.25) is 0 Å². The van der Waals surface area contributed by atoms with Gasteiger partial charge < -0.3 is 4.57 Å². The van der Waals surface area contributed by atoms with Crippen LogP contribution in [0.25, 0.3) is 0 Å². The second kappa shape index (κ2) is 10.7. The maximum absolute atomic E-state index is 11.7. The molecule has 2 nitrogen and oxygen atoms in total. The van der Waals surface area contributed by atoms with Gasteiger partial charge in [0.25, 0.3) is 5.56 Å². The summed E-state index contributed by atoms with van der Waals surface area (Å²) in [6, 6.07) is 3.73. The molecule has 0 saturated heterocycles. The lowest BCUT2D eigenvalue weighted by Gasteiger charge is -2.06. The normalized spacial score (nSPS) is 10.9. The van der Waals surface area contributed by atoms with Gasteiger partial charge in [-0.15, -0.1) is 0 Å². The maximum atomic E-state index is 11.7. The minimum atomic E-state index is 0.140. The Hall–Kier alpha value is -1.05. The molecule has 114 valence electrons. The van der Waals surface area contributed by atoms with Gasteiger partial charge in [0.1, 0.15) is 0 Å². The fourth-order valence-corrected chi connectivity index (χ4v) is 2.56. The Morgan fingerprint density at radius 1 is 0.900 bits per heavy atom. The third-order valence-corrected chi connectivity index (χ3v) is 3.90. The summed E-state index contributed by atoms with van der Waals surface area (Å²) < 4.78 is 1.83. The zero-order valence-corrected chi connectivity index (χ0v) is 13.4. The van der Waals surface area contributed by atoms with Gasteiger partial charge in [0.05, 0.1) is 0 Å². The number of hydrogen-bond donors (Lipinski definition) is 0. The number of nitrogens with zero attached hydrogens (tertiary/aromatic N) is 1. The van der Waals surface area contributed by atoms with E-state index in [4.69, 9.17) is 0 Å². The quantitative estimate of drug-likeness (QED) is 0.517. The van der Waals surface area contributed by atoms with Crippen LogP contribution < -0.4 is 5.56 Å². The largest absolute Gasteiger partial charge is 0.316 e. The number of hydrogen-bond acceptors (Lipinski definition) is 1. The number of aryl methyl sites for hydroxylation is 2. The Morgan fingerprint density at radius 3 is 2.00 bits per heavy atom. The highest BCUT2D eigenvalue weighted by molar-refractivity contribution is 5.07. The molecule has 0 N–H and O–H groups in total. The van der Waals surface area contributed by atoms with Gasteiger partial charge in [0, 0.05) is 18.8 Å². The van der Waals surface area contributed by atoms with Gasteiger partial charge in [-0.3, -0.25) is 4.79 Å². The maximum Gasteiger partial charge on any atom is 0.250 e. The molecule has 0 bridgehead atoms. The van der Waals surface area contributed by atoms with E-state index in [0.29, 0.717) is 0 Å². The van der Waals surface area contributed by atoms with Crippen molar-refractivity contribution in [2.45, 2.75) is 84.6 Å². The zero-order valence-electron chi connectivity index (χ0n) is 13.4. The fraction of sp³-hybridized carbons (Fsp3) is 0.722. The molecule has 0 atom stereocenters. The number of unbranched alkanes of at least 4 members (excludes halogenated alkanes) is 9. The summed E-state index contributed by atoms with van der Waals surface area (Å²) in [7, 11) is 0. The molecular weight excluding hydrogens is 246 g/mol. The van der Waals surface area contributed by atoms with Crippen molar-refractivity contribution in [3.63, 3.8) is 0 Å². The Labute approximate surface area is 124 Å². The summed E-state index contributed by atoms with van der Waals surface area (Å²) in [5, 5.41) is 0. The van der Waals surface area contributed by atoms with Crippen LogP contribution in [-0.2, 0) is 6.54 Å². The van der Waals surface area contributed by atoms with Crippen LogP contribution in [0.1, 0.15) is 76.7 Å². The van der Waals surface area contributed by atoms with Gasteiger partial charge >= 0.3 is 0 Å². The summed E-state index contributed by atoms with van der Waals surface area (Å²) >= 11 is 0. The molecule has 0 saturated carbocycles. The average Bonchev–Trinajstić information content (AvgIpc) is 2.43. The molecule has 0 aliphatic carbocycles. The van der Waals surface area contributed by atoms with Crippen molar-refractivity contribution < 1.29 is 0 Å². The van der Waals surface area contributed by atoms with Crippen LogP contribution >= 0.6 is 0 Å². The highest BCUT2D eigenvalue weighted by Crippen LogP contribution is 2.10. The van der Waals surface area contributed by atoms with E-state index in [9.17, 15) is 4.79 Å². The molecule has 1 aromatic heterocycles. The molecule has 2 heteroatoms. The van der Waals surface area contributed by atoms with Gasteiger partial charge in [0.2, 0.25) is 0 Å². The molecule has 0 aliphatic heterocycles. The van der Waals surface area contributed by atoms with Crippen LogP contribution in [0, 0.1) is 6.92 Å². The highest BCUT2D eigenvalue weighted by Gasteiger charge is 1.96.